The predicted molar refractivity (Wildman–Crippen MR) is 379 cm³/mol. The van der Waals surface area contributed by atoms with Crippen molar-refractivity contribution in [1.29, 1.82) is 0 Å². The molecule has 550 valence electrons. The van der Waals surface area contributed by atoms with Gasteiger partial charge in [-0.05, 0) is 104 Å². The largest absolute Gasteiger partial charge is 0.474 e. The molecule has 0 amide bonds. The highest BCUT2D eigenvalue weighted by Crippen LogP contribution is 2.27. The van der Waals surface area contributed by atoms with E-state index in [4.69, 9.17) is 18.9 Å². The molecule has 2 aliphatic heterocycles. The van der Waals surface area contributed by atoms with E-state index in [1.165, 1.54) is 98.1 Å². The molecule has 0 radical (unpaired) electrons. The number of ether oxygens (including phenoxy) is 6. The Bertz CT molecular complexity index is 5040. The summed E-state index contributed by atoms with van der Waals surface area (Å²) in [6.07, 6.45) is 7.37. The first-order valence-electron chi connectivity index (χ1n) is 33.1. The van der Waals surface area contributed by atoms with Gasteiger partial charge in [-0.25, -0.2) is 56.8 Å². The van der Waals surface area contributed by atoms with Crippen LogP contribution < -0.4 is 41.2 Å². The minimum absolute atomic E-state index is 0.0253. The number of aromatic nitrogens is 13. The van der Waals surface area contributed by atoms with Crippen molar-refractivity contribution in [2.24, 2.45) is 0 Å². The summed E-state index contributed by atoms with van der Waals surface area (Å²) in [5.41, 5.74) is 8.45. The summed E-state index contributed by atoms with van der Waals surface area (Å²) in [6.45, 7) is 2.98. The summed E-state index contributed by atoms with van der Waals surface area (Å²) in [4.78, 5) is 68.4. The van der Waals surface area contributed by atoms with Crippen molar-refractivity contribution in [3.8, 4) is 68.7 Å². The van der Waals surface area contributed by atoms with Gasteiger partial charge < -0.3 is 28.4 Å². The van der Waals surface area contributed by atoms with Gasteiger partial charge in [0, 0.05) is 95.7 Å². The van der Waals surface area contributed by atoms with E-state index in [1.807, 2.05) is 93.6 Å². The van der Waals surface area contributed by atoms with Gasteiger partial charge >= 0.3 is 19.2 Å². The van der Waals surface area contributed by atoms with E-state index >= 15 is 0 Å². The van der Waals surface area contributed by atoms with Gasteiger partial charge in [-0.2, -0.15) is 38.0 Å². The molecule has 4 aromatic carbocycles. The van der Waals surface area contributed by atoms with Gasteiger partial charge in [0.15, 0.2) is 11.3 Å². The van der Waals surface area contributed by atoms with Gasteiger partial charge in [-0.1, -0.05) is 102 Å². The smallest absolute Gasteiger partial charge is 0.388 e. The zero-order valence-corrected chi connectivity index (χ0v) is 57.9. The Hall–Kier alpha value is -12.4. The Morgan fingerprint density at radius 2 is 0.701 bits per heavy atom. The van der Waals surface area contributed by atoms with Crippen LogP contribution in [0.1, 0.15) is 44.5 Å². The number of hydrogen-bond acceptors (Lipinski definition) is 19. The number of rotatable bonds is 22. The molecule has 2 saturated heterocycles. The van der Waals surface area contributed by atoms with Crippen LogP contribution in [0.4, 0.5) is 30.7 Å². The van der Waals surface area contributed by atoms with Crippen molar-refractivity contribution < 1.29 is 59.2 Å². The van der Waals surface area contributed by atoms with Crippen LogP contribution in [-0.2, 0) is 35.7 Å². The average Bonchev–Trinajstić information content (AvgIpc) is 0.928. The fourth-order valence-corrected chi connectivity index (χ4v) is 10.2. The van der Waals surface area contributed by atoms with Crippen LogP contribution in [0.2, 0.25) is 0 Å². The molecule has 0 saturated carbocycles. The van der Waals surface area contributed by atoms with E-state index in [1.54, 1.807) is 61.7 Å². The van der Waals surface area contributed by atoms with E-state index in [0.29, 0.717) is 70.5 Å². The minimum Gasteiger partial charge on any atom is -0.474 e. The summed E-state index contributed by atoms with van der Waals surface area (Å²) in [7, 11) is 0. The molecule has 0 spiro atoms. The van der Waals surface area contributed by atoms with Crippen molar-refractivity contribution in [3.63, 3.8) is 0 Å². The monoisotopic (exact) mass is 1470 g/mol. The Morgan fingerprint density at radius 1 is 0.383 bits per heavy atom. The Morgan fingerprint density at radius 3 is 1.02 bits per heavy atom. The molecule has 0 N–H and O–H groups in total. The van der Waals surface area contributed by atoms with E-state index in [-0.39, 0.29) is 92.0 Å². The molecule has 12 aromatic rings. The van der Waals surface area contributed by atoms with Gasteiger partial charge in [0.1, 0.15) is 19.0 Å². The van der Waals surface area contributed by atoms with Gasteiger partial charge in [-0.3, -0.25) is 19.2 Å². The molecule has 10 heterocycles. The van der Waals surface area contributed by atoms with E-state index in [9.17, 15) is 49.9 Å². The van der Waals surface area contributed by atoms with Crippen LogP contribution in [0, 0.1) is 33.5 Å². The highest BCUT2D eigenvalue weighted by molar-refractivity contribution is 5.59. The molecule has 107 heavy (non-hydrogen) atoms. The Balaban J connectivity index is 0.000000142. The number of alkyl halides is 6. The molecule has 0 bridgehead atoms. The van der Waals surface area contributed by atoms with E-state index in [2.05, 4.69) is 54.8 Å². The van der Waals surface area contributed by atoms with E-state index < -0.39 is 24.6 Å². The maximum Gasteiger partial charge on any atom is 0.388 e. The van der Waals surface area contributed by atoms with Crippen molar-refractivity contribution >= 4 is 0 Å². The van der Waals surface area contributed by atoms with Gasteiger partial charge in [0.05, 0.1) is 75.4 Å². The van der Waals surface area contributed by atoms with Crippen molar-refractivity contribution in [2.45, 2.75) is 78.4 Å². The summed E-state index contributed by atoms with van der Waals surface area (Å²) >= 11 is 0. The minimum atomic E-state index is -2.95. The third kappa shape index (κ3) is 21.6. The Labute approximate surface area is 606 Å². The molecule has 8 aromatic heterocycles. The maximum atomic E-state index is 13.9. The summed E-state index contributed by atoms with van der Waals surface area (Å²) < 4.78 is 124. The summed E-state index contributed by atoms with van der Waals surface area (Å²) in [5.74, 6) is -0.369. The fraction of sp³-hybridized carbons (Fsp3) is 0.234. The van der Waals surface area contributed by atoms with Crippen LogP contribution in [0.5, 0.6) is 23.7 Å². The zero-order valence-electron chi connectivity index (χ0n) is 57.9. The molecule has 0 aliphatic carbocycles. The standard InChI is InChI=1S/C21H20FN3O3.C20H19FN4O3.C18H14F3N3O2.C18H15F2N3O2/c1-15-2-4-16(5-3-15)11-25-20(26)9-7-18(24-25)17-6-8-19(23-10-17)28-14-21(22)12-27-13-21;1-14-2-4-15(5-3-14)10-25-18(26)7-6-17(24-25)16-8-22-19(23-9-16)28-13-20(21)11-27-12-20;1-11-8-12(2-4-14(11)19)10-24-17(25)7-5-15(23-24)13-3-6-16(22-9-13)26-18(20)21;1-12-2-4-13(5-3-12)11-23-17(24)9-7-15(22-23)14-6-8-16(21-10-14)25-18(19)20/h2-10H,11-14H2,1H3;2-9H,10-13H2,1H3;2-9,18H,10H2,1H3;2-10,18H,11H2,1H3. The number of aryl methyl sites for hydroxylation is 4. The van der Waals surface area contributed by atoms with Crippen molar-refractivity contribution in [2.75, 3.05) is 39.6 Å². The molecule has 2 aliphatic rings. The Kier molecular flexibility index (Phi) is 24.7. The van der Waals surface area contributed by atoms with Crippen molar-refractivity contribution in [1.82, 2.24) is 64.0 Å². The van der Waals surface area contributed by atoms with Gasteiger partial charge in [0.2, 0.25) is 17.6 Å². The molecule has 0 unspecified atom stereocenters. The van der Waals surface area contributed by atoms with Crippen LogP contribution in [0.25, 0.3) is 45.0 Å². The molecule has 30 heteroatoms. The number of hydrogen-bond donors (Lipinski definition) is 0. The van der Waals surface area contributed by atoms with E-state index in [0.717, 1.165) is 44.5 Å². The second kappa shape index (κ2) is 34.9. The highest BCUT2D eigenvalue weighted by atomic mass is 19.3. The number of nitrogens with zero attached hydrogens (tertiary/aromatic N) is 13. The van der Waals surface area contributed by atoms with Crippen LogP contribution in [-0.4, -0.2) is 128 Å². The lowest BCUT2D eigenvalue weighted by atomic mass is 10.1. The topological polar surface area (TPSA) is 259 Å². The SMILES string of the molecule is Cc1cc(Cn2nc(-c3ccc(OC(F)F)nc3)ccc2=O)ccc1F.Cc1ccc(Cn2nc(-c3ccc(OC(F)F)nc3)ccc2=O)cc1.Cc1ccc(Cn2nc(-c3ccc(OCC4(F)COC4)nc3)ccc2=O)cc1.Cc1ccc(Cn2nc(-c3cnc(OCC4(F)COC4)nc3)ccc2=O)cc1. The molecule has 2 fully saturated rings. The lowest BCUT2D eigenvalue weighted by molar-refractivity contribution is -0.147. The molecular formula is C77H68F7N13O10. The van der Waals surface area contributed by atoms with Crippen LogP contribution >= 0.6 is 0 Å². The molecule has 14 rings (SSSR count). The predicted octanol–water partition coefficient (Wildman–Crippen LogP) is 11.6. The lowest BCUT2D eigenvalue weighted by Crippen LogP contribution is -2.50. The summed E-state index contributed by atoms with van der Waals surface area (Å²) in [6, 6.07) is 49.6. The van der Waals surface area contributed by atoms with Crippen LogP contribution in [0.15, 0.2) is 226 Å². The summed E-state index contributed by atoms with van der Waals surface area (Å²) in [5, 5.41) is 17.4. The average molecular weight is 1470 g/mol. The fourth-order valence-electron chi connectivity index (χ4n) is 10.2. The number of pyridine rings is 3. The van der Waals surface area contributed by atoms with Crippen LogP contribution in [0.3, 0.4) is 0 Å². The second-order valence-corrected chi connectivity index (χ2v) is 24.9. The number of halogens is 7. The first-order valence-corrected chi connectivity index (χ1v) is 33.1. The number of benzene rings is 4. The maximum absolute atomic E-state index is 13.9. The third-order valence-corrected chi connectivity index (χ3v) is 16.2. The van der Waals surface area contributed by atoms with Gasteiger partial charge in [-0.15, -0.1) is 0 Å². The molecule has 0 atom stereocenters. The zero-order chi connectivity index (χ0) is 75.6. The highest BCUT2D eigenvalue weighted by Gasteiger charge is 2.41. The molecular weight excluding hydrogens is 1400 g/mol. The molecule has 23 nitrogen and oxygen atoms in total. The first kappa shape index (κ1) is 75.7. The lowest BCUT2D eigenvalue weighted by Gasteiger charge is -2.32. The normalized spacial score (nSPS) is 13.1. The third-order valence-electron chi connectivity index (χ3n) is 16.2. The van der Waals surface area contributed by atoms with Gasteiger partial charge in [0.25, 0.3) is 22.2 Å². The second-order valence-electron chi connectivity index (χ2n) is 24.9. The first-order chi connectivity index (χ1) is 51.4. The van der Waals surface area contributed by atoms with Crippen molar-refractivity contribution in [3.05, 3.63) is 299 Å². The quantitative estimate of drug-likeness (QED) is 0.0571.